The van der Waals surface area contributed by atoms with E-state index in [1.165, 1.54) is 23.7 Å². The molecule has 118 valence electrons. The molecule has 3 rings (SSSR count). The highest BCUT2D eigenvalue weighted by atomic mass is 32.2. The SMILES string of the molecule is CC(C)c1ccc(C(=O)CSc2ncnc3c2cnn3C)cc1. The van der Waals surface area contributed by atoms with Crippen LogP contribution in [-0.2, 0) is 7.05 Å². The van der Waals surface area contributed by atoms with Crippen LogP contribution in [-0.4, -0.2) is 31.3 Å². The molecule has 0 N–H and O–H groups in total. The molecule has 0 saturated carbocycles. The first-order valence-corrected chi connectivity index (χ1v) is 8.43. The summed E-state index contributed by atoms with van der Waals surface area (Å²) in [6.45, 7) is 4.28. The van der Waals surface area contributed by atoms with Crippen LogP contribution in [0.1, 0.15) is 35.7 Å². The van der Waals surface area contributed by atoms with E-state index in [1.807, 2.05) is 31.3 Å². The van der Waals surface area contributed by atoms with Crippen molar-refractivity contribution in [2.45, 2.75) is 24.8 Å². The average Bonchev–Trinajstić information content (AvgIpc) is 2.95. The quantitative estimate of drug-likeness (QED) is 0.408. The van der Waals surface area contributed by atoms with Crippen LogP contribution >= 0.6 is 11.8 Å². The third-order valence-corrected chi connectivity index (χ3v) is 4.74. The second kappa shape index (κ2) is 6.50. The van der Waals surface area contributed by atoms with Crippen LogP contribution in [0.4, 0.5) is 0 Å². The van der Waals surface area contributed by atoms with Gasteiger partial charge >= 0.3 is 0 Å². The van der Waals surface area contributed by atoms with Gasteiger partial charge in [-0.25, -0.2) is 9.97 Å². The maximum atomic E-state index is 12.4. The molecule has 0 fully saturated rings. The minimum Gasteiger partial charge on any atom is -0.293 e. The van der Waals surface area contributed by atoms with Crippen LogP contribution in [0.25, 0.3) is 11.0 Å². The van der Waals surface area contributed by atoms with Crippen molar-refractivity contribution in [3.8, 4) is 0 Å². The number of carbonyl (C=O) groups is 1. The Morgan fingerprint density at radius 2 is 1.96 bits per heavy atom. The number of ketones is 1. The summed E-state index contributed by atoms with van der Waals surface area (Å²) in [5, 5.41) is 5.85. The van der Waals surface area contributed by atoms with Crippen LogP contribution in [0.3, 0.4) is 0 Å². The zero-order chi connectivity index (χ0) is 16.4. The lowest BCUT2D eigenvalue weighted by Crippen LogP contribution is -2.03. The fraction of sp³-hybridized carbons (Fsp3) is 0.294. The van der Waals surface area contributed by atoms with Gasteiger partial charge < -0.3 is 0 Å². The lowest BCUT2D eigenvalue weighted by atomic mass is 10.0. The van der Waals surface area contributed by atoms with Crippen molar-refractivity contribution in [2.75, 3.05) is 5.75 Å². The minimum absolute atomic E-state index is 0.0981. The third kappa shape index (κ3) is 3.27. The Hall–Kier alpha value is -2.21. The molecule has 0 unspecified atom stereocenters. The van der Waals surface area contributed by atoms with Gasteiger partial charge in [-0.05, 0) is 11.5 Å². The van der Waals surface area contributed by atoms with Gasteiger partial charge in [-0.2, -0.15) is 5.10 Å². The van der Waals surface area contributed by atoms with E-state index >= 15 is 0 Å². The Labute approximate surface area is 139 Å². The summed E-state index contributed by atoms with van der Waals surface area (Å²) in [7, 11) is 1.84. The summed E-state index contributed by atoms with van der Waals surface area (Å²) in [5.41, 5.74) is 2.75. The van der Waals surface area contributed by atoms with Crippen LogP contribution < -0.4 is 0 Å². The van der Waals surface area contributed by atoms with E-state index in [0.717, 1.165) is 21.6 Å². The first-order valence-electron chi connectivity index (χ1n) is 7.45. The summed E-state index contributed by atoms with van der Waals surface area (Å²) in [4.78, 5) is 20.8. The van der Waals surface area contributed by atoms with E-state index in [-0.39, 0.29) is 5.78 Å². The molecule has 23 heavy (non-hydrogen) atoms. The number of Topliss-reactive ketones (excluding diaryl/α,β-unsaturated/α-hetero) is 1. The van der Waals surface area contributed by atoms with E-state index in [1.54, 1.807) is 10.9 Å². The Balaban J connectivity index is 1.73. The molecule has 1 aromatic carbocycles. The van der Waals surface area contributed by atoms with E-state index < -0.39 is 0 Å². The van der Waals surface area contributed by atoms with Gasteiger partial charge in [0.1, 0.15) is 11.4 Å². The number of aryl methyl sites for hydroxylation is 1. The molecular formula is C17H18N4OS. The van der Waals surface area contributed by atoms with E-state index in [2.05, 4.69) is 28.9 Å². The molecule has 0 bridgehead atoms. The summed E-state index contributed by atoms with van der Waals surface area (Å²) in [6.07, 6.45) is 3.24. The first kappa shape index (κ1) is 15.7. The lowest BCUT2D eigenvalue weighted by molar-refractivity contribution is 0.102. The maximum Gasteiger partial charge on any atom is 0.173 e. The van der Waals surface area contributed by atoms with E-state index in [4.69, 9.17) is 0 Å². The van der Waals surface area contributed by atoms with Crippen LogP contribution in [0.2, 0.25) is 0 Å². The highest BCUT2D eigenvalue weighted by Gasteiger charge is 2.12. The first-order chi connectivity index (χ1) is 11.1. The summed E-state index contributed by atoms with van der Waals surface area (Å²) in [6, 6.07) is 7.84. The molecule has 0 atom stereocenters. The number of fused-ring (bicyclic) bond motifs is 1. The molecule has 0 saturated heterocycles. The molecular weight excluding hydrogens is 308 g/mol. The number of hydrogen-bond acceptors (Lipinski definition) is 5. The summed E-state index contributed by atoms with van der Waals surface area (Å²) in [5.74, 6) is 0.913. The molecule has 6 heteroatoms. The van der Waals surface area contributed by atoms with Crippen molar-refractivity contribution in [3.05, 3.63) is 47.9 Å². The van der Waals surface area contributed by atoms with Crippen molar-refractivity contribution in [1.29, 1.82) is 0 Å². The van der Waals surface area contributed by atoms with Crippen molar-refractivity contribution in [3.63, 3.8) is 0 Å². The Bertz CT molecular complexity index is 839. The highest BCUT2D eigenvalue weighted by Crippen LogP contribution is 2.24. The predicted octanol–water partition coefficient (Wildman–Crippen LogP) is 3.46. The van der Waals surface area contributed by atoms with Gasteiger partial charge in [-0.15, -0.1) is 0 Å². The molecule has 0 aliphatic carbocycles. The second-order valence-electron chi connectivity index (χ2n) is 5.67. The molecule has 0 aliphatic rings. The smallest absolute Gasteiger partial charge is 0.173 e. The number of rotatable bonds is 5. The largest absolute Gasteiger partial charge is 0.293 e. The summed E-state index contributed by atoms with van der Waals surface area (Å²) >= 11 is 1.42. The second-order valence-corrected chi connectivity index (χ2v) is 6.64. The van der Waals surface area contributed by atoms with Crippen LogP contribution in [0.15, 0.2) is 41.8 Å². The molecule has 0 radical (unpaired) electrons. The zero-order valence-corrected chi connectivity index (χ0v) is 14.2. The van der Waals surface area contributed by atoms with Gasteiger partial charge in [0.15, 0.2) is 11.4 Å². The molecule has 3 aromatic rings. The molecule has 5 nitrogen and oxygen atoms in total. The monoisotopic (exact) mass is 326 g/mol. The minimum atomic E-state index is 0.0981. The van der Waals surface area contributed by atoms with Gasteiger partial charge in [0, 0.05) is 12.6 Å². The number of thioether (sulfide) groups is 1. The van der Waals surface area contributed by atoms with E-state index in [9.17, 15) is 4.79 Å². The van der Waals surface area contributed by atoms with Gasteiger partial charge in [0.05, 0.1) is 17.3 Å². The normalized spacial score (nSPS) is 11.3. The Kier molecular flexibility index (Phi) is 4.43. The topological polar surface area (TPSA) is 60.7 Å². The zero-order valence-electron chi connectivity index (χ0n) is 13.4. The van der Waals surface area contributed by atoms with Crippen molar-refractivity contribution in [2.24, 2.45) is 7.05 Å². The molecule has 2 aromatic heterocycles. The van der Waals surface area contributed by atoms with Crippen molar-refractivity contribution >= 4 is 28.6 Å². The van der Waals surface area contributed by atoms with Crippen LogP contribution in [0.5, 0.6) is 0 Å². The predicted molar refractivity (Wildman–Crippen MR) is 91.9 cm³/mol. The fourth-order valence-electron chi connectivity index (χ4n) is 2.33. The number of benzene rings is 1. The van der Waals surface area contributed by atoms with Gasteiger partial charge in [-0.1, -0.05) is 49.9 Å². The lowest BCUT2D eigenvalue weighted by Gasteiger charge is -2.06. The molecule has 0 amide bonds. The highest BCUT2D eigenvalue weighted by molar-refractivity contribution is 8.00. The number of hydrogen-bond donors (Lipinski definition) is 0. The van der Waals surface area contributed by atoms with Gasteiger partial charge in [0.25, 0.3) is 0 Å². The van der Waals surface area contributed by atoms with Crippen molar-refractivity contribution < 1.29 is 4.79 Å². The summed E-state index contributed by atoms with van der Waals surface area (Å²) < 4.78 is 1.70. The molecule has 0 aliphatic heterocycles. The van der Waals surface area contributed by atoms with Gasteiger partial charge in [0.2, 0.25) is 0 Å². The van der Waals surface area contributed by atoms with Gasteiger partial charge in [-0.3, -0.25) is 9.48 Å². The van der Waals surface area contributed by atoms with Crippen LogP contribution in [0, 0.1) is 0 Å². The molecule has 0 spiro atoms. The van der Waals surface area contributed by atoms with Crippen molar-refractivity contribution in [1.82, 2.24) is 19.7 Å². The maximum absolute atomic E-state index is 12.4. The number of aromatic nitrogens is 4. The average molecular weight is 326 g/mol. The van der Waals surface area contributed by atoms with E-state index in [0.29, 0.717) is 11.7 Å². The molecule has 2 heterocycles. The Morgan fingerprint density at radius 3 is 2.65 bits per heavy atom. The standard InChI is InChI=1S/C17H18N4OS/c1-11(2)12-4-6-13(7-5-12)15(22)9-23-17-14-8-20-21(3)16(14)18-10-19-17/h4-8,10-11H,9H2,1-3H3. The third-order valence-electron chi connectivity index (χ3n) is 3.73. The Morgan fingerprint density at radius 1 is 1.22 bits per heavy atom. The number of nitrogens with zero attached hydrogens (tertiary/aromatic N) is 4. The fourth-order valence-corrected chi connectivity index (χ4v) is 3.18. The number of carbonyl (C=O) groups excluding carboxylic acids is 1.